The lowest BCUT2D eigenvalue weighted by atomic mass is 10.0. The van der Waals surface area contributed by atoms with Crippen LogP contribution in [0.3, 0.4) is 0 Å². The second-order valence-corrected chi connectivity index (χ2v) is 5.03. The van der Waals surface area contributed by atoms with Crippen molar-refractivity contribution < 1.29 is 4.84 Å². The van der Waals surface area contributed by atoms with Gasteiger partial charge in [0.1, 0.15) is 25.0 Å². The number of aromatic nitrogens is 3. The fourth-order valence-electron chi connectivity index (χ4n) is 2.22. The Bertz CT molecular complexity index is 765. The minimum atomic E-state index is 0.530. The van der Waals surface area contributed by atoms with Gasteiger partial charge in [0.15, 0.2) is 0 Å². The Balaban J connectivity index is 1.93. The number of benzene rings is 2. The molecule has 2 aromatic carbocycles. The maximum Gasteiger partial charge on any atom is 0.137 e. The van der Waals surface area contributed by atoms with Crippen LogP contribution in [0.15, 0.2) is 60.3 Å². The number of hydrogen-bond acceptors (Lipinski definition) is 4. The molecule has 0 radical (unpaired) electrons. The molecule has 0 amide bonds. The summed E-state index contributed by atoms with van der Waals surface area (Å²) >= 11 is 0. The van der Waals surface area contributed by atoms with Gasteiger partial charge in [0.25, 0.3) is 0 Å². The van der Waals surface area contributed by atoms with E-state index in [1.807, 2.05) is 12.1 Å². The molecule has 3 rings (SSSR count). The Morgan fingerprint density at radius 2 is 2.05 bits per heavy atom. The standard InChI is InChI=1S/C17H18N4O/c1-2-9-22-20-17(11-21-13-18-12-19-21)16-8-7-14-5-3-4-6-15(14)10-16/h3-8,10,12-13H,2,9,11H2,1H3/b20-17+. The van der Waals surface area contributed by atoms with Crippen LogP contribution in [0.2, 0.25) is 0 Å². The van der Waals surface area contributed by atoms with Gasteiger partial charge in [-0.3, -0.25) is 0 Å². The summed E-state index contributed by atoms with van der Waals surface area (Å²) in [4.78, 5) is 9.36. The van der Waals surface area contributed by atoms with Crippen molar-refractivity contribution in [3.63, 3.8) is 0 Å². The number of rotatable bonds is 6. The van der Waals surface area contributed by atoms with Crippen LogP contribution in [-0.4, -0.2) is 27.1 Å². The minimum Gasteiger partial charge on any atom is -0.396 e. The summed E-state index contributed by atoms with van der Waals surface area (Å²) in [5, 5.41) is 10.8. The summed E-state index contributed by atoms with van der Waals surface area (Å²) in [6.45, 7) is 3.19. The molecule has 112 valence electrons. The summed E-state index contributed by atoms with van der Waals surface area (Å²) in [7, 11) is 0. The second kappa shape index (κ2) is 6.85. The quantitative estimate of drug-likeness (QED) is 0.398. The SMILES string of the molecule is CCCO/N=C(\Cn1cncn1)c1ccc2ccccc2c1. The summed E-state index contributed by atoms with van der Waals surface area (Å²) in [5.74, 6) is 0. The van der Waals surface area contributed by atoms with Gasteiger partial charge < -0.3 is 4.84 Å². The molecule has 0 spiro atoms. The topological polar surface area (TPSA) is 52.3 Å². The van der Waals surface area contributed by atoms with Gasteiger partial charge in [-0.1, -0.05) is 48.5 Å². The molecule has 0 unspecified atom stereocenters. The smallest absolute Gasteiger partial charge is 0.137 e. The Morgan fingerprint density at radius 1 is 1.18 bits per heavy atom. The maximum atomic E-state index is 5.39. The monoisotopic (exact) mass is 294 g/mol. The lowest BCUT2D eigenvalue weighted by Crippen LogP contribution is -2.13. The molecule has 0 saturated carbocycles. The maximum absolute atomic E-state index is 5.39. The van der Waals surface area contributed by atoms with Crippen molar-refractivity contribution in [2.24, 2.45) is 5.16 Å². The van der Waals surface area contributed by atoms with Gasteiger partial charge in [-0.15, -0.1) is 0 Å². The van der Waals surface area contributed by atoms with Crippen LogP contribution in [0.5, 0.6) is 0 Å². The second-order valence-electron chi connectivity index (χ2n) is 5.03. The third-order valence-electron chi connectivity index (χ3n) is 3.33. The lowest BCUT2D eigenvalue weighted by molar-refractivity contribution is 0.144. The van der Waals surface area contributed by atoms with Gasteiger partial charge in [0, 0.05) is 5.56 Å². The van der Waals surface area contributed by atoms with Crippen LogP contribution in [0.25, 0.3) is 10.8 Å². The first kappa shape index (κ1) is 14.3. The Kier molecular flexibility index (Phi) is 4.44. The first-order valence-electron chi connectivity index (χ1n) is 7.37. The van der Waals surface area contributed by atoms with E-state index in [1.54, 1.807) is 11.0 Å². The highest BCUT2D eigenvalue weighted by atomic mass is 16.6. The highest BCUT2D eigenvalue weighted by Crippen LogP contribution is 2.17. The fourth-order valence-corrected chi connectivity index (χ4v) is 2.22. The van der Waals surface area contributed by atoms with E-state index in [-0.39, 0.29) is 0 Å². The van der Waals surface area contributed by atoms with E-state index >= 15 is 0 Å². The van der Waals surface area contributed by atoms with Crippen molar-refractivity contribution in [2.75, 3.05) is 6.61 Å². The van der Waals surface area contributed by atoms with Gasteiger partial charge in [-0.2, -0.15) is 5.10 Å². The Hall–Kier alpha value is -2.69. The van der Waals surface area contributed by atoms with Crippen LogP contribution in [0.4, 0.5) is 0 Å². The minimum absolute atomic E-state index is 0.530. The van der Waals surface area contributed by atoms with E-state index in [2.05, 4.69) is 52.5 Å². The molecule has 0 fully saturated rings. The molecule has 1 aromatic heterocycles. The molecule has 5 heteroatoms. The van der Waals surface area contributed by atoms with Gasteiger partial charge >= 0.3 is 0 Å². The van der Waals surface area contributed by atoms with Crippen molar-refractivity contribution in [2.45, 2.75) is 19.9 Å². The van der Waals surface area contributed by atoms with Gasteiger partial charge in [0.05, 0.1) is 6.54 Å². The highest BCUT2D eigenvalue weighted by Gasteiger charge is 2.08. The highest BCUT2D eigenvalue weighted by molar-refractivity contribution is 6.03. The fraction of sp³-hybridized carbons (Fsp3) is 0.235. The molecule has 1 heterocycles. The van der Waals surface area contributed by atoms with Crippen molar-refractivity contribution in [3.8, 4) is 0 Å². The average molecular weight is 294 g/mol. The molecule has 5 nitrogen and oxygen atoms in total. The average Bonchev–Trinajstić information content (AvgIpc) is 3.07. The van der Waals surface area contributed by atoms with Crippen molar-refractivity contribution in [1.29, 1.82) is 0 Å². The van der Waals surface area contributed by atoms with Crippen LogP contribution in [0, 0.1) is 0 Å². The molecule has 22 heavy (non-hydrogen) atoms. The molecule has 0 saturated heterocycles. The molecular formula is C17H18N4O. The van der Waals surface area contributed by atoms with Crippen molar-refractivity contribution in [1.82, 2.24) is 14.8 Å². The van der Waals surface area contributed by atoms with Crippen LogP contribution >= 0.6 is 0 Å². The van der Waals surface area contributed by atoms with Crippen LogP contribution in [-0.2, 0) is 11.4 Å². The number of fused-ring (bicyclic) bond motifs is 1. The van der Waals surface area contributed by atoms with Crippen molar-refractivity contribution >= 4 is 16.5 Å². The van der Waals surface area contributed by atoms with E-state index in [4.69, 9.17) is 4.84 Å². The molecule has 0 N–H and O–H groups in total. The third kappa shape index (κ3) is 3.31. The van der Waals surface area contributed by atoms with Crippen molar-refractivity contribution in [3.05, 3.63) is 60.7 Å². The van der Waals surface area contributed by atoms with Gasteiger partial charge in [-0.05, 0) is 23.3 Å². The van der Waals surface area contributed by atoms with E-state index in [9.17, 15) is 0 Å². The molecule has 0 aliphatic rings. The van der Waals surface area contributed by atoms with Crippen LogP contribution in [0.1, 0.15) is 18.9 Å². The van der Waals surface area contributed by atoms with E-state index in [0.29, 0.717) is 13.2 Å². The predicted molar refractivity (Wildman–Crippen MR) is 86.8 cm³/mol. The summed E-state index contributed by atoms with van der Waals surface area (Å²) in [6.07, 6.45) is 4.12. The van der Waals surface area contributed by atoms with E-state index in [1.165, 1.54) is 17.1 Å². The Labute approximate surface area is 129 Å². The number of oxime groups is 1. The van der Waals surface area contributed by atoms with Crippen LogP contribution < -0.4 is 0 Å². The first-order chi connectivity index (χ1) is 10.9. The molecular weight excluding hydrogens is 276 g/mol. The first-order valence-corrected chi connectivity index (χ1v) is 7.37. The summed E-state index contributed by atoms with van der Waals surface area (Å²) < 4.78 is 1.74. The zero-order valence-electron chi connectivity index (χ0n) is 12.5. The third-order valence-corrected chi connectivity index (χ3v) is 3.33. The molecule has 0 aliphatic heterocycles. The molecule has 0 aliphatic carbocycles. The zero-order valence-corrected chi connectivity index (χ0v) is 12.5. The van der Waals surface area contributed by atoms with E-state index < -0.39 is 0 Å². The van der Waals surface area contributed by atoms with Gasteiger partial charge in [-0.25, -0.2) is 9.67 Å². The summed E-state index contributed by atoms with van der Waals surface area (Å²) in [5.41, 5.74) is 1.87. The van der Waals surface area contributed by atoms with Gasteiger partial charge in [0.2, 0.25) is 0 Å². The Morgan fingerprint density at radius 3 is 2.82 bits per heavy atom. The number of hydrogen-bond donors (Lipinski definition) is 0. The predicted octanol–water partition coefficient (Wildman–Crippen LogP) is 3.26. The normalized spacial score (nSPS) is 11.8. The zero-order chi connectivity index (χ0) is 15.2. The number of nitrogens with zero attached hydrogens (tertiary/aromatic N) is 4. The van der Waals surface area contributed by atoms with E-state index in [0.717, 1.165) is 17.7 Å². The molecule has 0 bridgehead atoms. The largest absolute Gasteiger partial charge is 0.396 e. The molecule has 3 aromatic rings. The molecule has 0 atom stereocenters. The summed E-state index contributed by atoms with van der Waals surface area (Å²) in [6, 6.07) is 14.6. The lowest BCUT2D eigenvalue weighted by Gasteiger charge is -2.08.